The number of fused-ring (bicyclic) bond motifs is 1. The van der Waals surface area contributed by atoms with Crippen LogP contribution in [-0.4, -0.2) is 68.0 Å². The zero-order valence-electron chi connectivity index (χ0n) is 16.0. The number of aliphatic hydroxyl groups is 4. The van der Waals surface area contributed by atoms with Crippen molar-refractivity contribution in [1.29, 1.82) is 0 Å². The number of aliphatic hydroxyl groups excluding tert-OH is 4. The highest BCUT2D eigenvalue weighted by Crippen LogP contribution is 2.33. The van der Waals surface area contributed by atoms with E-state index in [-0.39, 0.29) is 28.2 Å². The van der Waals surface area contributed by atoms with Crippen molar-refractivity contribution in [3.05, 3.63) is 52.7 Å². The van der Waals surface area contributed by atoms with E-state index in [9.17, 15) is 35.4 Å². The smallest absolute Gasteiger partial charge is 0.235 e. The minimum absolute atomic E-state index is 0.0967. The van der Waals surface area contributed by atoms with Crippen molar-refractivity contribution >= 4 is 11.0 Å². The van der Waals surface area contributed by atoms with Crippen LogP contribution in [0.15, 0.2) is 51.7 Å². The van der Waals surface area contributed by atoms with Crippen LogP contribution in [0.25, 0.3) is 22.3 Å². The summed E-state index contributed by atoms with van der Waals surface area (Å²) < 4.78 is 16.4. The van der Waals surface area contributed by atoms with Gasteiger partial charge in [-0.3, -0.25) is 4.79 Å². The van der Waals surface area contributed by atoms with Gasteiger partial charge in [0.15, 0.2) is 5.76 Å². The molecule has 1 aliphatic heterocycles. The minimum Gasteiger partial charge on any atom is -0.508 e. The molecule has 0 unspecified atom stereocenters. The second-order valence-electron chi connectivity index (χ2n) is 7.13. The Labute approximate surface area is 174 Å². The monoisotopic (exact) mass is 432 g/mol. The van der Waals surface area contributed by atoms with E-state index in [0.717, 1.165) is 0 Å². The van der Waals surface area contributed by atoms with Gasteiger partial charge in [-0.25, -0.2) is 0 Å². The van der Waals surface area contributed by atoms with Crippen LogP contribution in [0.4, 0.5) is 0 Å². The third-order valence-electron chi connectivity index (χ3n) is 5.07. The Morgan fingerprint density at radius 3 is 2.32 bits per heavy atom. The first kappa shape index (κ1) is 21.1. The molecule has 0 aliphatic carbocycles. The maximum absolute atomic E-state index is 12.4. The number of ether oxygens (including phenoxy) is 2. The fraction of sp³-hybridized carbons (Fsp3) is 0.286. The van der Waals surface area contributed by atoms with Gasteiger partial charge in [-0.05, 0) is 36.4 Å². The summed E-state index contributed by atoms with van der Waals surface area (Å²) in [5.74, 6) is -0.604. The van der Waals surface area contributed by atoms with Gasteiger partial charge in [-0.1, -0.05) is 0 Å². The number of benzene rings is 2. The number of phenolic OH excluding ortho intramolecular Hbond substituents is 1. The molecule has 0 bridgehead atoms. The van der Waals surface area contributed by atoms with E-state index in [0.29, 0.717) is 5.56 Å². The molecule has 1 saturated heterocycles. The van der Waals surface area contributed by atoms with E-state index in [1.165, 1.54) is 42.5 Å². The summed E-state index contributed by atoms with van der Waals surface area (Å²) in [5.41, 5.74) is -0.224. The van der Waals surface area contributed by atoms with Crippen molar-refractivity contribution in [2.75, 3.05) is 6.61 Å². The third kappa shape index (κ3) is 3.82. The molecular weight excluding hydrogens is 412 g/mol. The summed E-state index contributed by atoms with van der Waals surface area (Å²) in [4.78, 5) is 12.4. The molecule has 6 N–H and O–H groups in total. The summed E-state index contributed by atoms with van der Waals surface area (Å²) in [6.07, 6.45) is -7.09. The first-order valence-corrected chi connectivity index (χ1v) is 9.36. The van der Waals surface area contributed by atoms with E-state index < -0.39 is 48.5 Å². The van der Waals surface area contributed by atoms with Crippen LogP contribution in [0.5, 0.6) is 17.2 Å². The van der Waals surface area contributed by atoms with Crippen LogP contribution in [0.2, 0.25) is 0 Å². The van der Waals surface area contributed by atoms with Gasteiger partial charge in [0.05, 0.1) is 12.0 Å². The van der Waals surface area contributed by atoms with Crippen molar-refractivity contribution in [1.82, 2.24) is 0 Å². The largest absolute Gasteiger partial charge is 0.508 e. The number of phenols is 1. The predicted octanol–water partition coefficient (Wildman–Crippen LogP) is 0.0499. The Hall–Kier alpha value is -3.15. The molecule has 10 heteroatoms. The molecule has 0 amide bonds. The molecule has 2 heterocycles. The summed E-state index contributed by atoms with van der Waals surface area (Å²) >= 11 is 0. The maximum atomic E-state index is 12.4. The lowest BCUT2D eigenvalue weighted by Gasteiger charge is -2.39. The minimum atomic E-state index is -1.57. The van der Waals surface area contributed by atoms with Gasteiger partial charge in [0.1, 0.15) is 41.5 Å². The molecule has 5 atom stereocenters. The lowest BCUT2D eigenvalue weighted by atomic mass is 9.99. The summed E-state index contributed by atoms with van der Waals surface area (Å²) in [6, 6.07) is 9.76. The zero-order valence-corrected chi connectivity index (χ0v) is 16.0. The van der Waals surface area contributed by atoms with E-state index in [2.05, 4.69) is 0 Å². The molecule has 3 aromatic rings. The first-order valence-electron chi connectivity index (χ1n) is 9.36. The molecule has 10 nitrogen and oxygen atoms in total. The fourth-order valence-electron chi connectivity index (χ4n) is 3.35. The second kappa shape index (κ2) is 8.17. The van der Waals surface area contributed by atoms with Gasteiger partial charge in [0.2, 0.25) is 17.5 Å². The second-order valence-corrected chi connectivity index (χ2v) is 7.13. The standard InChI is InChI=1S/C21H20O10/c22-8-14-16(25)17(26)19(28)21(31-14)29-11-4-1-9(2-5-11)20-18(27)15(24)12-6-3-10(23)7-13(12)30-20/h1-7,14,16-17,19,21-23,25-28H,8H2/t14-,16-,17-,19+,21-/m1/s1. The Bertz CT molecular complexity index is 1140. The Morgan fingerprint density at radius 2 is 1.65 bits per heavy atom. The van der Waals surface area contributed by atoms with Crippen molar-refractivity contribution in [2.45, 2.75) is 30.7 Å². The topological polar surface area (TPSA) is 170 Å². The molecule has 0 radical (unpaired) electrons. The molecule has 1 fully saturated rings. The van der Waals surface area contributed by atoms with Crippen molar-refractivity contribution in [3.63, 3.8) is 0 Å². The zero-order chi connectivity index (χ0) is 22.3. The highest BCUT2D eigenvalue weighted by atomic mass is 16.7. The molecule has 164 valence electrons. The van der Waals surface area contributed by atoms with Crippen LogP contribution >= 0.6 is 0 Å². The van der Waals surface area contributed by atoms with Crippen molar-refractivity contribution in [2.24, 2.45) is 0 Å². The van der Waals surface area contributed by atoms with Gasteiger partial charge >= 0.3 is 0 Å². The van der Waals surface area contributed by atoms with Crippen molar-refractivity contribution < 1.29 is 44.5 Å². The predicted molar refractivity (Wildman–Crippen MR) is 106 cm³/mol. The summed E-state index contributed by atoms with van der Waals surface area (Å²) in [6.45, 7) is -0.584. The van der Waals surface area contributed by atoms with Crippen molar-refractivity contribution in [3.8, 4) is 28.6 Å². The average Bonchev–Trinajstić information content (AvgIpc) is 2.77. The van der Waals surface area contributed by atoms with Crippen LogP contribution in [-0.2, 0) is 4.74 Å². The summed E-state index contributed by atoms with van der Waals surface area (Å²) in [5, 5.41) is 59.0. The third-order valence-corrected chi connectivity index (χ3v) is 5.07. The molecule has 4 rings (SSSR count). The quantitative estimate of drug-likeness (QED) is 0.331. The van der Waals surface area contributed by atoms with E-state index in [1.807, 2.05) is 0 Å². The highest BCUT2D eigenvalue weighted by molar-refractivity contribution is 5.82. The summed E-state index contributed by atoms with van der Waals surface area (Å²) in [7, 11) is 0. The Morgan fingerprint density at radius 1 is 0.935 bits per heavy atom. The van der Waals surface area contributed by atoms with Gasteiger partial charge in [0, 0.05) is 11.6 Å². The van der Waals surface area contributed by atoms with Crippen LogP contribution < -0.4 is 10.2 Å². The molecule has 0 spiro atoms. The number of hydrogen-bond donors (Lipinski definition) is 6. The number of hydrogen-bond acceptors (Lipinski definition) is 10. The van der Waals surface area contributed by atoms with E-state index in [4.69, 9.17) is 13.9 Å². The van der Waals surface area contributed by atoms with Crippen LogP contribution in [0, 0.1) is 0 Å². The van der Waals surface area contributed by atoms with Gasteiger partial charge in [-0.15, -0.1) is 0 Å². The fourth-order valence-corrected chi connectivity index (χ4v) is 3.35. The molecule has 1 aliphatic rings. The van der Waals surface area contributed by atoms with E-state index in [1.54, 1.807) is 0 Å². The van der Waals surface area contributed by atoms with Gasteiger partial charge < -0.3 is 44.5 Å². The van der Waals surface area contributed by atoms with Gasteiger partial charge in [-0.2, -0.15) is 0 Å². The lowest BCUT2D eigenvalue weighted by molar-refractivity contribution is -0.277. The molecule has 1 aromatic heterocycles. The number of aromatic hydroxyl groups is 2. The maximum Gasteiger partial charge on any atom is 0.235 e. The molecule has 2 aromatic carbocycles. The Kier molecular flexibility index (Phi) is 5.56. The molecule has 31 heavy (non-hydrogen) atoms. The first-order chi connectivity index (χ1) is 14.8. The average molecular weight is 432 g/mol. The van der Waals surface area contributed by atoms with E-state index >= 15 is 0 Å². The van der Waals surface area contributed by atoms with Gasteiger partial charge in [0.25, 0.3) is 0 Å². The SMILES string of the molecule is O=c1c(O)c(-c2ccc(O[C@@H]3O[C@H](CO)[C@@H](O)[C@@H](O)[C@@H]3O)cc2)oc2cc(O)ccc12. The number of rotatable bonds is 4. The molecule has 0 saturated carbocycles. The van der Waals surface area contributed by atoms with Crippen LogP contribution in [0.1, 0.15) is 0 Å². The lowest BCUT2D eigenvalue weighted by Crippen LogP contribution is -2.60. The highest BCUT2D eigenvalue weighted by Gasteiger charge is 2.44. The Balaban J connectivity index is 1.60. The normalized spacial score (nSPS) is 26.1. The van der Waals surface area contributed by atoms with Crippen LogP contribution in [0.3, 0.4) is 0 Å². The molecular formula is C21H20O10.